The molecule has 0 saturated carbocycles. The largest absolute Gasteiger partial charge is 0.478 e. The molecule has 2 aromatic rings. The van der Waals surface area contributed by atoms with Crippen molar-refractivity contribution in [2.24, 2.45) is 0 Å². The highest BCUT2D eigenvalue weighted by Crippen LogP contribution is 2.22. The molecule has 0 aliphatic rings. The van der Waals surface area contributed by atoms with Crippen molar-refractivity contribution in [1.82, 2.24) is 0 Å². The van der Waals surface area contributed by atoms with Gasteiger partial charge < -0.3 is 10.0 Å². The van der Waals surface area contributed by atoms with Gasteiger partial charge in [0.05, 0.1) is 16.8 Å². The van der Waals surface area contributed by atoms with Gasteiger partial charge in [-0.1, -0.05) is 24.3 Å². The van der Waals surface area contributed by atoms with E-state index >= 15 is 0 Å². The maximum atomic E-state index is 12.5. The first kappa shape index (κ1) is 14.5. The molecule has 1 amide bonds. The van der Waals surface area contributed by atoms with Gasteiger partial charge in [-0.3, -0.25) is 4.79 Å². The first-order chi connectivity index (χ1) is 9.52. The molecule has 0 radical (unpaired) electrons. The Labute approximate surface area is 130 Å². The van der Waals surface area contributed by atoms with Crippen LogP contribution in [0.15, 0.2) is 48.5 Å². The molecule has 102 valence electrons. The van der Waals surface area contributed by atoms with Gasteiger partial charge in [0.25, 0.3) is 5.91 Å². The average molecular weight is 381 g/mol. The number of rotatable bonds is 3. The number of anilines is 1. The summed E-state index contributed by atoms with van der Waals surface area (Å²) in [5.41, 5.74) is 1.04. The second-order valence-electron chi connectivity index (χ2n) is 4.17. The molecule has 2 rings (SSSR count). The molecule has 0 saturated heterocycles. The number of carboxylic acids is 1. The van der Waals surface area contributed by atoms with Gasteiger partial charge in [-0.25, -0.2) is 4.79 Å². The highest BCUT2D eigenvalue weighted by molar-refractivity contribution is 14.1. The Bertz CT molecular complexity index is 670. The highest BCUT2D eigenvalue weighted by atomic mass is 127. The molecule has 1 N–H and O–H groups in total. The first-order valence-electron chi connectivity index (χ1n) is 5.87. The molecular weight excluding hydrogens is 369 g/mol. The summed E-state index contributed by atoms with van der Waals surface area (Å²) in [5, 5.41) is 9.18. The van der Waals surface area contributed by atoms with Crippen molar-refractivity contribution >= 4 is 40.2 Å². The number of benzene rings is 2. The van der Waals surface area contributed by atoms with Crippen molar-refractivity contribution in [1.29, 1.82) is 0 Å². The summed E-state index contributed by atoms with van der Waals surface area (Å²) in [6, 6.07) is 13.7. The minimum Gasteiger partial charge on any atom is -0.478 e. The third-order valence-corrected chi connectivity index (χ3v) is 3.85. The van der Waals surface area contributed by atoms with Crippen LogP contribution in [0.25, 0.3) is 0 Å². The number of hydrogen-bond donors (Lipinski definition) is 1. The zero-order chi connectivity index (χ0) is 14.7. The van der Waals surface area contributed by atoms with Crippen LogP contribution in [0.3, 0.4) is 0 Å². The number of carbonyl (C=O) groups is 2. The fraction of sp³-hybridized carbons (Fsp3) is 0.0667. The number of amides is 1. The summed E-state index contributed by atoms with van der Waals surface area (Å²) >= 11 is 2.09. The third-order valence-electron chi connectivity index (χ3n) is 2.90. The Morgan fingerprint density at radius 1 is 1.00 bits per heavy atom. The Morgan fingerprint density at radius 2 is 1.55 bits per heavy atom. The van der Waals surface area contributed by atoms with Crippen LogP contribution in [0.5, 0.6) is 0 Å². The van der Waals surface area contributed by atoms with E-state index in [0.717, 1.165) is 3.57 Å². The Kier molecular flexibility index (Phi) is 4.39. The maximum Gasteiger partial charge on any atom is 0.337 e. The van der Waals surface area contributed by atoms with Gasteiger partial charge in [0.1, 0.15) is 0 Å². The van der Waals surface area contributed by atoms with Crippen LogP contribution in [0.2, 0.25) is 0 Å². The van der Waals surface area contributed by atoms with Crippen molar-refractivity contribution in [3.63, 3.8) is 0 Å². The van der Waals surface area contributed by atoms with E-state index in [1.54, 1.807) is 37.4 Å². The second-order valence-corrected chi connectivity index (χ2v) is 5.33. The van der Waals surface area contributed by atoms with E-state index in [1.165, 1.54) is 11.0 Å². The molecule has 2 aromatic carbocycles. The lowest BCUT2D eigenvalue weighted by Crippen LogP contribution is -2.28. The Morgan fingerprint density at radius 3 is 2.15 bits per heavy atom. The van der Waals surface area contributed by atoms with Crippen LogP contribution in [0.1, 0.15) is 20.7 Å². The molecule has 0 fully saturated rings. The van der Waals surface area contributed by atoms with Crippen molar-refractivity contribution < 1.29 is 14.7 Å². The van der Waals surface area contributed by atoms with Gasteiger partial charge in [-0.15, -0.1) is 0 Å². The number of carboxylic acid groups (broad SMARTS) is 1. The summed E-state index contributed by atoms with van der Waals surface area (Å²) in [4.78, 5) is 25.0. The molecule has 0 spiro atoms. The summed E-state index contributed by atoms with van der Waals surface area (Å²) in [6.45, 7) is 0. The predicted octanol–water partition coefficient (Wildman–Crippen LogP) is 3.27. The Balaban J connectivity index is 2.42. The van der Waals surface area contributed by atoms with Gasteiger partial charge >= 0.3 is 5.97 Å². The number of aromatic carboxylic acids is 1. The van der Waals surface area contributed by atoms with E-state index in [9.17, 15) is 14.7 Å². The molecule has 0 unspecified atom stereocenters. The summed E-state index contributed by atoms with van der Waals surface area (Å²) in [7, 11) is 1.58. The molecule has 0 aromatic heterocycles. The quantitative estimate of drug-likeness (QED) is 0.831. The van der Waals surface area contributed by atoms with Crippen molar-refractivity contribution in [2.45, 2.75) is 0 Å². The van der Waals surface area contributed by atoms with Gasteiger partial charge in [0.15, 0.2) is 0 Å². The van der Waals surface area contributed by atoms with E-state index in [-0.39, 0.29) is 11.5 Å². The van der Waals surface area contributed by atoms with E-state index in [2.05, 4.69) is 22.6 Å². The number of para-hydroxylation sites is 1. The van der Waals surface area contributed by atoms with Crippen LogP contribution in [0.4, 0.5) is 5.69 Å². The lowest BCUT2D eigenvalue weighted by atomic mass is 10.1. The third kappa shape index (κ3) is 2.82. The van der Waals surface area contributed by atoms with Crippen molar-refractivity contribution in [3.8, 4) is 0 Å². The molecule has 0 atom stereocenters. The first-order valence-corrected chi connectivity index (χ1v) is 6.95. The molecule has 0 heterocycles. The second kappa shape index (κ2) is 6.04. The minimum atomic E-state index is -1.05. The standard InChI is InChI=1S/C15H12INO3/c1-17(13-9-5-3-7-11(13)15(19)20)14(18)10-6-2-4-8-12(10)16/h2-9H,1H3,(H,19,20). The lowest BCUT2D eigenvalue weighted by molar-refractivity contribution is 0.0697. The van der Waals surface area contributed by atoms with E-state index < -0.39 is 5.97 Å². The summed E-state index contributed by atoms with van der Waals surface area (Å²) in [6.07, 6.45) is 0. The van der Waals surface area contributed by atoms with Gasteiger partial charge in [-0.05, 0) is 46.9 Å². The topological polar surface area (TPSA) is 57.6 Å². The zero-order valence-electron chi connectivity index (χ0n) is 10.7. The molecule has 5 heteroatoms. The normalized spacial score (nSPS) is 10.1. The number of halogens is 1. The Hall–Kier alpha value is -1.89. The van der Waals surface area contributed by atoms with Crippen LogP contribution in [-0.2, 0) is 0 Å². The lowest BCUT2D eigenvalue weighted by Gasteiger charge is -2.20. The average Bonchev–Trinajstić information content (AvgIpc) is 2.46. The zero-order valence-corrected chi connectivity index (χ0v) is 12.9. The van der Waals surface area contributed by atoms with Crippen LogP contribution in [0, 0.1) is 3.57 Å². The monoisotopic (exact) mass is 381 g/mol. The maximum absolute atomic E-state index is 12.5. The highest BCUT2D eigenvalue weighted by Gasteiger charge is 2.20. The number of nitrogens with zero attached hydrogens (tertiary/aromatic N) is 1. The van der Waals surface area contributed by atoms with Crippen LogP contribution in [-0.4, -0.2) is 24.0 Å². The molecular formula is C15H12INO3. The van der Waals surface area contributed by atoms with E-state index in [0.29, 0.717) is 11.3 Å². The van der Waals surface area contributed by atoms with Crippen molar-refractivity contribution in [2.75, 3.05) is 11.9 Å². The molecule has 0 aliphatic heterocycles. The van der Waals surface area contributed by atoms with Crippen molar-refractivity contribution in [3.05, 3.63) is 63.2 Å². The number of hydrogen-bond acceptors (Lipinski definition) is 2. The van der Waals surface area contributed by atoms with E-state index in [4.69, 9.17) is 0 Å². The summed E-state index contributed by atoms with van der Waals surface area (Å²) < 4.78 is 0.828. The van der Waals surface area contributed by atoms with Gasteiger partial charge in [-0.2, -0.15) is 0 Å². The van der Waals surface area contributed by atoms with E-state index in [1.807, 2.05) is 12.1 Å². The minimum absolute atomic E-state index is 0.106. The van der Waals surface area contributed by atoms with Gasteiger partial charge in [0, 0.05) is 10.6 Å². The van der Waals surface area contributed by atoms with Crippen LogP contribution >= 0.6 is 22.6 Å². The predicted molar refractivity (Wildman–Crippen MR) is 85.3 cm³/mol. The smallest absolute Gasteiger partial charge is 0.337 e. The SMILES string of the molecule is CN(C(=O)c1ccccc1I)c1ccccc1C(=O)O. The summed E-state index contributed by atoms with van der Waals surface area (Å²) in [5.74, 6) is -1.29. The van der Waals surface area contributed by atoms with Gasteiger partial charge in [0.2, 0.25) is 0 Å². The number of carbonyl (C=O) groups excluding carboxylic acids is 1. The molecule has 0 aliphatic carbocycles. The van der Waals surface area contributed by atoms with Crippen LogP contribution < -0.4 is 4.90 Å². The fourth-order valence-electron chi connectivity index (χ4n) is 1.87. The fourth-order valence-corrected chi connectivity index (χ4v) is 2.49. The molecule has 20 heavy (non-hydrogen) atoms. The molecule has 0 bridgehead atoms. The molecule has 4 nitrogen and oxygen atoms in total.